The predicted octanol–water partition coefficient (Wildman–Crippen LogP) is 4.70. The van der Waals surface area contributed by atoms with Gasteiger partial charge in [-0.05, 0) is 12.1 Å². The molecule has 1 aromatic carbocycles. The van der Waals surface area contributed by atoms with Crippen molar-refractivity contribution in [1.29, 1.82) is 0 Å². The van der Waals surface area contributed by atoms with Crippen LogP contribution in [0.1, 0.15) is 5.82 Å². The summed E-state index contributed by atoms with van der Waals surface area (Å²) in [5.41, 5.74) is 1.16. The van der Waals surface area contributed by atoms with E-state index in [9.17, 15) is 0 Å². The molecule has 0 unspecified atom stereocenters. The normalized spacial score (nSPS) is 12.3. The lowest BCUT2D eigenvalue weighted by Gasteiger charge is -2.04. The van der Waals surface area contributed by atoms with Crippen LogP contribution in [0.2, 0.25) is 10.0 Å². The van der Waals surface area contributed by atoms with Gasteiger partial charge >= 0.3 is 0 Å². The fraction of sp³-hybridized carbons (Fsp3) is 0.125. The predicted molar refractivity (Wildman–Crippen MR) is 65.4 cm³/mol. The minimum absolute atomic E-state index is 0.215. The molecule has 2 rings (SSSR count). The van der Waals surface area contributed by atoms with Crippen LogP contribution in [0.4, 0.5) is 0 Å². The third kappa shape index (κ3) is 2.29. The summed E-state index contributed by atoms with van der Waals surface area (Å²) >= 11 is 28.8. The Morgan fingerprint density at radius 1 is 1.13 bits per heavy atom. The molecule has 7 heteroatoms. The van der Waals surface area contributed by atoms with Crippen molar-refractivity contribution >= 4 is 69.0 Å². The van der Waals surface area contributed by atoms with Gasteiger partial charge in [0.2, 0.25) is 3.79 Å². The number of nitrogens with one attached hydrogen (secondary N) is 1. The zero-order valence-electron chi connectivity index (χ0n) is 6.99. The first-order chi connectivity index (χ1) is 6.88. The highest BCUT2D eigenvalue weighted by Crippen LogP contribution is 2.38. The summed E-state index contributed by atoms with van der Waals surface area (Å²) in [4.78, 5) is 6.92. The molecule has 0 radical (unpaired) electrons. The molecule has 0 bridgehead atoms. The second kappa shape index (κ2) is 3.86. The number of hydrogen-bond donors (Lipinski definition) is 1. The third-order valence-electron chi connectivity index (χ3n) is 1.77. The molecule has 1 aromatic heterocycles. The van der Waals surface area contributed by atoms with Crippen LogP contribution in [0, 0.1) is 0 Å². The molecular weight excluding hydrogens is 301 g/mol. The summed E-state index contributed by atoms with van der Waals surface area (Å²) in [7, 11) is 0. The van der Waals surface area contributed by atoms with E-state index in [4.69, 9.17) is 58.0 Å². The lowest BCUT2D eigenvalue weighted by molar-refractivity contribution is 1.05. The van der Waals surface area contributed by atoms with Crippen LogP contribution in [0.25, 0.3) is 11.0 Å². The zero-order valence-corrected chi connectivity index (χ0v) is 10.8. The van der Waals surface area contributed by atoms with Crippen molar-refractivity contribution in [3.8, 4) is 0 Å². The molecule has 2 aromatic rings. The number of hydrogen-bond acceptors (Lipinski definition) is 1. The smallest absolute Gasteiger partial charge is 0.248 e. The Hall–Kier alpha value is 0.140. The van der Waals surface area contributed by atoms with E-state index in [-0.39, 0.29) is 5.82 Å². The maximum atomic E-state index is 5.93. The number of aromatic amines is 1. The van der Waals surface area contributed by atoms with Gasteiger partial charge in [0.15, 0.2) is 5.82 Å². The summed E-state index contributed by atoms with van der Waals surface area (Å²) < 4.78 is -1.60. The van der Waals surface area contributed by atoms with Gasteiger partial charge in [-0.2, -0.15) is 0 Å². The van der Waals surface area contributed by atoms with Gasteiger partial charge in [0, 0.05) is 5.02 Å². The molecule has 0 aliphatic rings. The molecule has 15 heavy (non-hydrogen) atoms. The van der Waals surface area contributed by atoms with Crippen molar-refractivity contribution in [3.05, 3.63) is 28.0 Å². The van der Waals surface area contributed by atoms with Crippen LogP contribution in [-0.2, 0) is 3.79 Å². The van der Waals surface area contributed by atoms with Crippen LogP contribution in [-0.4, -0.2) is 9.97 Å². The van der Waals surface area contributed by atoms with Crippen LogP contribution in [0.5, 0.6) is 0 Å². The topological polar surface area (TPSA) is 28.7 Å². The summed E-state index contributed by atoms with van der Waals surface area (Å²) in [6.45, 7) is 0. The van der Waals surface area contributed by atoms with Gasteiger partial charge in [-0.3, -0.25) is 0 Å². The highest BCUT2D eigenvalue weighted by molar-refractivity contribution is 6.66. The molecule has 0 aliphatic carbocycles. The van der Waals surface area contributed by atoms with Gasteiger partial charge in [0.25, 0.3) is 0 Å². The van der Waals surface area contributed by atoms with Gasteiger partial charge < -0.3 is 4.98 Å². The average molecular weight is 304 g/mol. The first-order valence-electron chi connectivity index (χ1n) is 3.80. The largest absolute Gasteiger partial charge is 0.338 e. The molecule has 0 spiro atoms. The van der Waals surface area contributed by atoms with Crippen molar-refractivity contribution in [2.45, 2.75) is 3.79 Å². The van der Waals surface area contributed by atoms with Gasteiger partial charge in [-0.15, -0.1) is 0 Å². The van der Waals surface area contributed by atoms with Crippen molar-refractivity contribution in [1.82, 2.24) is 9.97 Å². The highest BCUT2D eigenvalue weighted by atomic mass is 35.6. The van der Waals surface area contributed by atoms with E-state index in [0.717, 1.165) is 0 Å². The van der Waals surface area contributed by atoms with Crippen LogP contribution in [0.15, 0.2) is 12.1 Å². The lowest BCUT2D eigenvalue weighted by Crippen LogP contribution is -2.02. The average Bonchev–Trinajstić information content (AvgIpc) is 2.46. The van der Waals surface area contributed by atoms with E-state index in [1.54, 1.807) is 12.1 Å². The quantitative estimate of drug-likeness (QED) is 0.702. The Labute approximate surface area is 110 Å². The van der Waals surface area contributed by atoms with Gasteiger partial charge in [0.1, 0.15) is 5.52 Å². The second-order valence-corrected chi connectivity index (χ2v) is 5.99. The molecule has 1 N–H and O–H groups in total. The number of imidazole rings is 1. The molecular formula is C8H3Cl5N2. The molecule has 0 aliphatic heterocycles. The van der Waals surface area contributed by atoms with Gasteiger partial charge in [-0.1, -0.05) is 58.0 Å². The first-order valence-corrected chi connectivity index (χ1v) is 5.69. The number of halogens is 5. The highest BCUT2D eigenvalue weighted by Gasteiger charge is 2.27. The lowest BCUT2D eigenvalue weighted by atomic mass is 10.3. The molecule has 0 atom stereocenters. The van der Waals surface area contributed by atoms with Crippen molar-refractivity contribution in [2.24, 2.45) is 0 Å². The summed E-state index contributed by atoms with van der Waals surface area (Å²) in [5.74, 6) is 0.215. The number of aromatic nitrogens is 2. The number of rotatable bonds is 0. The number of benzene rings is 1. The van der Waals surface area contributed by atoms with E-state index in [1.807, 2.05) is 0 Å². The number of nitrogens with zero attached hydrogens (tertiary/aromatic N) is 1. The zero-order chi connectivity index (χ0) is 11.2. The first kappa shape index (κ1) is 11.6. The maximum Gasteiger partial charge on any atom is 0.248 e. The monoisotopic (exact) mass is 302 g/mol. The standard InChI is InChI=1S/C8H3Cl5N2/c9-3-1-4(10)6-5(2-3)14-7(15-6)8(11,12)13/h1-2H,(H,14,15). The van der Waals surface area contributed by atoms with Crippen molar-refractivity contribution < 1.29 is 0 Å². The second-order valence-electron chi connectivity index (χ2n) is 2.87. The fourth-order valence-electron chi connectivity index (χ4n) is 1.18. The van der Waals surface area contributed by atoms with E-state index in [0.29, 0.717) is 21.1 Å². The van der Waals surface area contributed by atoms with E-state index in [1.165, 1.54) is 0 Å². The van der Waals surface area contributed by atoms with E-state index in [2.05, 4.69) is 9.97 Å². The molecule has 0 saturated heterocycles. The summed E-state index contributed by atoms with van der Waals surface area (Å²) in [6.07, 6.45) is 0. The summed E-state index contributed by atoms with van der Waals surface area (Å²) in [5, 5.41) is 0.904. The molecule has 1 heterocycles. The van der Waals surface area contributed by atoms with Gasteiger partial charge in [-0.25, -0.2) is 4.98 Å². The Kier molecular flexibility index (Phi) is 2.99. The number of fused-ring (bicyclic) bond motifs is 1. The number of H-pyrrole nitrogens is 1. The minimum Gasteiger partial charge on any atom is -0.338 e. The SMILES string of the molecule is Clc1cc(Cl)c2nc(C(Cl)(Cl)Cl)[nH]c2c1. The van der Waals surface area contributed by atoms with E-state index >= 15 is 0 Å². The van der Waals surface area contributed by atoms with Crippen LogP contribution >= 0.6 is 58.0 Å². The Morgan fingerprint density at radius 3 is 2.40 bits per heavy atom. The van der Waals surface area contributed by atoms with Crippen molar-refractivity contribution in [3.63, 3.8) is 0 Å². The molecule has 2 nitrogen and oxygen atoms in total. The molecule has 0 saturated carbocycles. The number of alkyl halides is 3. The molecule has 80 valence electrons. The van der Waals surface area contributed by atoms with Crippen molar-refractivity contribution in [2.75, 3.05) is 0 Å². The maximum absolute atomic E-state index is 5.93. The van der Waals surface area contributed by atoms with Crippen LogP contribution < -0.4 is 0 Å². The Bertz CT molecular complexity index is 513. The fourth-order valence-corrected chi connectivity index (χ4v) is 1.98. The Balaban J connectivity index is 2.71. The van der Waals surface area contributed by atoms with E-state index < -0.39 is 3.79 Å². The molecule has 0 fully saturated rings. The summed E-state index contributed by atoms with van der Waals surface area (Å²) in [6, 6.07) is 3.24. The van der Waals surface area contributed by atoms with Gasteiger partial charge in [0.05, 0.1) is 10.5 Å². The Morgan fingerprint density at radius 2 is 1.80 bits per heavy atom. The molecule has 0 amide bonds. The minimum atomic E-state index is -1.60. The van der Waals surface area contributed by atoms with Crippen LogP contribution in [0.3, 0.4) is 0 Å². The third-order valence-corrected chi connectivity index (χ3v) is 2.82.